The van der Waals surface area contributed by atoms with Gasteiger partial charge < -0.3 is 10.2 Å². The van der Waals surface area contributed by atoms with Gasteiger partial charge in [0.05, 0.1) is 0 Å². The second kappa shape index (κ2) is 6.06. The van der Waals surface area contributed by atoms with E-state index < -0.39 is 6.10 Å². The number of hydrogen-bond acceptors (Lipinski definition) is 2. The molecule has 2 atom stereocenters. The smallest absolute Gasteiger partial charge is 0.114 e. The molecule has 2 heteroatoms. The first-order valence-corrected chi connectivity index (χ1v) is 4.48. The Balaban J connectivity index is 3.56. The number of aliphatic hydroxyl groups is 2. The standard InChI is InChI=1S/C10H19O2/c1-4-5-6-7-8(2)10(12)9(3)11/h7-8,10-12H,3-6H2,1-2H3. The summed E-state index contributed by atoms with van der Waals surface area (Å²) < 4.78 is 0. The highest BCUT2D eigenvalue weighted by molar-refractivity contribution is 4.95. The molecule has 0 spiro atoms. The van der Waals surface area contributed by atoms with Gasteiger partial charge in [0.1, 0.15) is 11.9 Å². The summed E-state index contributed by atoms with van der Waals surface area (Å²) in [6.45, 7) is 7.29. The van der Waals surface area contributed by atoms with Crippen LogP contribution in [0.4, 0.5) is 0 Å². The molecule has 0 saturated heterocycles. The van der Waals surface area contributed by atoms with Crippen molar-refractivity contribution in [3.8, 4) is 0 Å². The third-order valence-electron chi connectivity index (χ3n) is 1.94. The Bertz CT molecular complexity index is 132. The summed E-state index contributed by atoms with van der Waals surface area (Å²) in [4.78, 5) is 0. The van der Waals surface area contributed by atoms with E-state index in [0.717, 1.165) is 19.3 Å². The summed E-state index contributed by atoms with van der Waals surface area (Å²) >= 11 is 0. The van der Waals surface area contributed by atoms with Gasteiger partial charge in [-0.15, -0.1) is 0 Å². The summed E-state index contributed by atoms with van der Waals surface area (Å²) in [5, 5.41) is 18.2. The molecule has 0 aromatic carbocycles. The van der Waals surface area contributed by atoms with Crippen molar-refractivity contribution < 1.29 is 10.2 Å². The Morgan fingerprint density at radius 2 is 2.17 bits per heavy atom. The Labute approximate surface area is 74.9 Å². The highest BCUT2D eigenvalue weighted by Gasteiger charge is 2.15. The molecule has 71 valence electrons. The largest absolute Gasteiger partial charge is 0.510 e. The van der Waals surface area contributed by atoms with Gasteiger partial charge in [0, 0.05) is 0 Å². The molecule has 1 radical (unpaired) electrons. The topological polar surface area (TPSA) is 40.5 Å². The first-order chi connectivity index (χ1) is 5.59. The van der Waals surface area contributed by atoms with Crippen LogP contribution in [0.25, 0.3) is 0 Å². The van der Waals surface area contributed by atoms with E-state index in [-0.39, 0.29) is 11.7 Å². The second-order valence-corrected chi connectivity index (χ2v) is 3.17. The van der Waals surface area contributed by atoms with Gasteiger partial charge in [-0.05, 0) is 18.8 Å². The Kier molecular flexibility index (Phi) is 5.81. The molecule has 0 aromatic heterocycles. The van der Waals surface area contributed by atoms with Crippen LogP contribution in [-0.2, 0) is 0 Å². The van der Waals surface area contributed by atoms with Crippen molar-refractivity contribution >= 4 is 0 Å². The third kappa shape index (κ3) is 4.39. The molecule has 2 unspecified atom stereocenters. The zero-order valence-electron chi connectivity index (χ0n) is 7.95. The monoisotopic (exact) mass is 171 g/mol. The molecule has 0 amide bonds. The lowest BCUT2D eigenvalue weighted by atomic mass is 9.97. The van der Waals surface area contributed by atoms with Crippen LogP contribution >= 0.6 is 0 Å². The molecular weight excluding hydrogens is 152 g/mol. The maximum absolute atomic E-state index is 9.31. The van der Waals surface area contributed by atoms with Gasteiger partial charge in [0.15, 0.2) is 0 Å². The molecular formula is C10H19O2. The lowest BCUT2D eigenvalue weighted by Crippen LogP contribution is -2.19. The Morgan fingerprint density at radius 3 is 2.58 bits per heavy atom. The van der Waals surface area contributed by atoms with Gasteiger partial charge in [-0.2, -0.15) is 0 Å². The second-order valence-electron chi connectivity index (χ2n) is 3.17. The number of unbranched alkanes of at least 4 members (excludes halogenated alkanes) is 2. The zero-order chi connectivity index (χ0) is 9.56. The van der Waals surface area contributed by atoms with E-state index in [1.807, 2.05) is 13.3 Å². The fraction of sp³-hybridized carbons (Fsp3) is 0.700. The molecule has 0 aliphatic rings. The van der Waals surface area contributed by atoms with Crippen molar-refractivity contribution in [2.45, 2.75) is 39.2 Å². The van der Waals surface area contributed by atoms with Crippen LogP contribution in [0.2, 0.25) is 0 Å². The van der Waals surface area contributed by atoms with Crippen LogP contribution < -0.4 is 0 Å². The van der Waals surface area contributed by atoms with Crippen LogP contribution in [0, 0.1) is 12.3 Å². The van der Waals surface area contributed by atoms with Crippen molar-refractivity contribution in [3.05, 3.63) is 18.8 Å². The van der Waals surface area contributed by atoms with E-state index >= 15 is 0 Å². The highest BCUT2D eigenvalue weighted by Crippen LogP contribution is 2.15. The van der Waals surface area contributed by atoms with E-state index in [1.54, 1.807) is 0 Å². The van der Waals surface area contributed by atoms with E-state index in [4.69, 9.17) is 5.11 Å². The summed E-state index contributed by atoms with van der Waals surface area (Å²) in [7, 11) is 0. The SMILES string of the molecule is C=C(O)C(O)C(C)[CH]CCCC. The van der Waals surface area contributed by atoms with Crippen molar-refractivity contribution in [3.63, 3.8) is 0 Å². The van der Waals surface area contributed by atoms with Gasteiger partial charge in [0.25, 0.3) is 0 Å². The van der Waals surface area contributed by atoms with Crippen molar-refractivity contribution in [1.82, 2.24) is 0 Å². The molecule has 2 N–H and O–H groups in total. The number of rotatable bonds is 6. The molecule has 0 rings (SSSR count). The Hall–Kier alpha value is -0.500. The fourth-order valence-corrected chi connectivity index (χ4v) is 1.02. The molecule has 0 fully saturated rings. The normalized spacial score (nSPS) is 15.6. The van der Waals surface area contributed by atoms with Crippen LogP contribution in [0.5, 0.6) is 0 Å². The minimum atomic E-state index is -0.804. The molecule has 2 nitrogen and oxygen atoms in total. The predicted octanol–water partition coefficient (Wildman–Crippen LogP) is 2.45. The van der Waals surface area contributed by atoms with Crippen molar-refractivity contribution in [2.24, 2.45) is 5.92 Å². The van der Waals surface area contributed by atoms with Gasteiger partial charge >= 0.3 is 0 Å². The molecule has 0 saturated carbocycles. The van der Waals surface area contributed by atoms with Gasteiger partial charge in [-0.25, -0.2) is 0 Å². The lowest BCUT2D eigenvalue weighted by Gasteiger charge is -2.16. The van der Waals surface area contributed by atoms with Crippen LogP contribution in [0.1, 0.15) is 33.1 Å². The summed E-state index contributed by atoms with van der Waals surface area (Å²) in [5.74, 6) is -0.149. The maximum Gasteiger partial charge on any atom is 0.114 e. The zero-order valence-corrected chi connectivity index (χ0v) is 7.95. The van der Waals surface area contributed by atoms with Crippen molar-refractivity contribution in [2.75, 3.05) is 0 Å². The third-order valence-corrected chi connectivity index (χ3v) is 1.94. The summed E-state index contributed by atoms with van der Waals surface area (Å²) in [5.41, 5.74) is 0. The first kappa shape index (κ1) is 11.5. The molecule has 0 bridgehead atoms. The number of hydrogen-bond donors (Lipinski definition) is 2. The minimum absolute atomic E-state index is 0.00551. The van der Waals surface area contributed by atoms with Crippen LogP contribution in [0.3, 0.4) is 0 Å². The average molecular weight is 171 g/mol. The highest BCUT2D eigenvalue weighted by atomic mass is 16.3. The van der Waals surface area contributed by atoms with E-state index in [1.165, 1.54) is 0 Å². The number of aliphatic hydroxyl groups excluding tert-OH is 2. The first-order valence-electron chi connectivity index (χ1n) is 4.48. The van der Waals surface area contributed by atoms with Crippen molar-refractivity contribution in [1.29, 1.82) is 0 Å². The van der Waals surface area contributed by atoms with E-state index in [9.17, 15) is 5.11 Å². The van der Waals surface area contributed by atoms with E-state index in [0.29, 0.717) is 0 Å². The molecule has 0 aliphatic heterocycles. The molecule has 0 aromatic rings. The average Bonchev–Trinajstić information content (AvgIpc) is 2.03. The van der Waals surface area contributed by atoms with Gasteiger partial charge in [-0.1, -0.05) is 33.3 Å². The maximum atomic E-state index is 9.31. The molecule has 12 heavy (non-hydrogen) atoms. The Morgan fingerprint density at radius 1 is 1.58 bits per heavy atom. The van der Waals surface area contributed by atoms with Crippen LogP contribution in [0.15, 0.2) is 12.3 Å². The summed E-state index contributed by atoms with van der Waals surface area (Å²) in [6, 6.07) is 0. The fourth-order valence-electron chi connectivity index (χ4n) is 1.02. The predicted molar refractivity (Wildman–Crippen MR) is 50.8 cm³/mol. The summed E-state index contributed by atoms with van der Waals surface area (Å²) in [6.07, 6.45) is 4.49. The van der Waals surface area contributed by atoms with Gasteiger partial charge in [-0.3, -0.25) is 0 Å². The van der Waals surface area contributed by atoms with Crippen LogP contribution in [-0.4, -0.2) is 16.3 Å². The molecule has 0 heterocycles. The lowest BCUT2D eigenvalue weighted by molar-refractivity contribution is 0.116. The van der Waals surface area contributed by atoms with E-state index in [2.05, 4.69) is 13.5 Å². The quantitative estimate of drug-likeness (QED) is 0.476. The molecule has 0 aliphatic carbocycles. The van der Waals surface area contributed by atoms with Gasteiger partial charge in [0.2, 0.25) is 0 Å². The minimum Gasteiger partial charge on any atom is -0.510 e.